The maximum Gasteiger partial charge on any atom is 0.199 e. The average Bonchev–Trinajstić information content (AvgIpc) is 2.60. The van der Waals surface area contributed by atoms with E-state index in [1.165, 1.54) is 0 Å². The van der Waals surface area contributed by atoms with Crippen molar-refractivity contribution in [3.63, 3.8) is 0 Å². The first kappa shape index (κ1) is 14.8. The fourth-order valence-electron chi connectivity index (χ4n) is 4.40. The molecule has 5 aliphatic carbocycles. The Bertz CT molecular complexity index is 605. The third kappa shape index (κ3) is 1.27. The van der Waals surface area contributed by atoms with Gasteiger partial charge in [0.25, 0.3) is 0 Å². The summed E-state index contributed by atoms with van der Waals surface area (Å²) in [5, 5.41) is 0.199. The van der Waals surface area contributed by atoms with Crippen molar-refractivity contribution >= 4 is 84.0 Å². The fourth-order valence-corrected chi connectivity index (χ4v) is 8.33. The highest BCUT2D eigenvalue weighted by Gasteiger charge is 2.79. The Morgan fingerprint density at radius 2 is 1.40 bits per heavy atom. The number of carbonyl (C=O) groups excluding carboxylic acids is 1. The van der Waals surface area contributed by atoms with Crippen molar-refractivity contribution in [3.05, 3.63) is 22.2 Å². The maximum atomic E-state index is 12.6. The number of hydrogen-bond acceptors (Lipinski definition) is 1. The number of halogens is 6. The molecule has 2 saturated carbocycles. The molecular weight excluding hydrogens is 474 g/mol. The predicted octanol–water partition coefficient (Wildman–Crippen LogP) is 4.80. The first-order valence-electron chi connectivity index (χ1n) is 6.22. The van der Waals surface area contributed by atoms with Crippen LogP contribution >= 0.6 is 78.3 Å². The van der Waals surface area contributed by atoms with Crippen LogP contribution in [0.15, 0.2) is 22.2 Å². The predicted molar refractivity (Wildman–Crippen MR) is 89.4 cm³/mol. The summed E-state index contributed by atoms with van der Waals surface area (Å²) in [4.78, 5) is 10.8. The van der Waals surface area contributed by atoms with Gasteiger partial charge in [0.1, 0.15) is 14.8 Å². The number of hydrogen-bond donors (Lipinski definition) is 0. The first-order valence-corrected chi connectivity index (χ1v) is 9.57. The Balaban J connectivity index is 1.96. The van der Waals surface area contributed by atoms with E-state index >= 15 is 0 Å². The minimum Gasteiger partial charge on any atom is -0.291 e. The third-order valence-electron chi connectivity index (χ3n) is 5.33. The molecule has 0 radical (unpaired) electrons. The molecule has 108 valence electrons. The SMILES string of the molecule is O=C1C(Cl)=C(Cl)[C@]2(Cl)[C@H]3C=C[C@@H]([C@@H]4[C@H](Br)[C@H](Br)[C@H]43)[C@]12Cl. The van der Waals surface area contributed by atoms with Gasteiger partial charge in [0.05, 0.1) is 5.03 Å². The fraction of sp³-hybridized carbons (Fsp3) is 0.615. The molecule has 0 aromatic rings. The van der Waals surface area contributed by atoms with Crippen molar-refractivity contribution in [2.24, 2.45) is 23.7 Å². The molecule has 0 saturated heterocycles. The second kappa shape index (κ2) is 4.21. The van der Waals surface area contributed by atoms with Crippen molar-refractivity contribution < 1.29 is 4.79 Å². The van der Waals surface area contributed by atoms with E-state index < -0.39 is 9.75 Å². The zero-order valence-corrected chi connectivity index (χ0v) is 16.0. The summed E-state index contributed by atoms with van der Waals surface area (Å²) in [6, 6.07) is 0. The zero-order chi connectivity index (χ0) is 14.6. The van der Waals surface area contributed by atoms with Crippen molar-refractivity contribution in [2.45, 2.75) is 19.4 Å². The second-order valence-corrected chi connectivity index (χ2v) is 9.92. The van der Waals surface area contributed by atoms with E-state index in [-0.39, 0.29) is 38.4 Å². The highest BCUT2D eigenvalue weighted by molar-refractivity contribution is 9.12. The number of alkyl halides is 4. The highest BCUT2D eigenvalue weighted by Crippen LogP contribution is 2.73. The minimum atomic E-state index is -1.26. The Labute approximate surface area is 153 Å². The standard InChI is InChI=1S/C13H8Br2Cl4O/c14-7-5-3-1-2-4(6(5)8(7)15)13(19)11(20)9(16)10(17)12(3,13)18/h1-8H/t3-,4-,5-,6-,7+,8-,12+,13-/m0/s1. The summed E-state index contributed by atoms with van der Waals surface area (Å²) >= 11 is 33.4. The van der Waals surface area contributed by atoms with Crippen LogP contribution in [0.1, 0.15) is 0 Å². The van der Waals surface area contributed by atoms with Crippen LogP contribution in [-0.4, -0.2) is 25.2 Å². The van der Waals surface area contributed by atoms with Gasteiger partial charge in [-0.2, -0.15) is 0 Å². The Morgan fingerprint density at radius 1 is 0.950 bits per heavy atom. The van der Waals surface area contributed by atoms with E-state index in [9.17, 15) is 4.79 Å². The van der Waals surface area contributed by atoms with Crippen LogP contribution in [0, 0.1) is 23.7 Å². The summed E-state index contributed by atoms with van der Waals surface area (Å²) in [6.07, 6.45) is 4.07. The molecule has 20 heavy (non-hydrogen) atoms. The smallest absolute Gasteiger partial charge is 0.199 e. The molecule has 0 amide bonds. The van der Waals surface area contributed by atoms with Gasteiger partial charge in [0.15, 0.2) is 5.78 Å². The lowest BCUT2D eigenvalue weighted by atomic mass is 9.46. The van der Waals surface area contributed by atoms with Crippen molar-refractivity contribution in [1.29, 1.82) is 0 Å². The number of carbonyl (C=O) groups is 1. The topological polar surface area (TPSA) is 17.1 Å². The maximum absolute atomic E-state index is 12.6. The number of allylic oxidation sites excluding steroid dienone is 4. The van der Waals surface area contributed by atoms with Crippen LogP contribution in [0.2, 0.25) is 0 Å². The minimum absolute atomic E-state index is 0.00564. The molecule has 1 nitrogen and oxygen atoms in total. The quantitative estimate of drug-likeness (QED) is 0.359. The number of Topliss-reactive ketones (excluding diaryl/α,β-unsaturated/α-hetero) is 1. The molecule has 0 N–H and O–H groups in total. The van der Waals surface area contributed by atoms with Gasteiger partial charge < -0.3 is 0 Å². The van der Waals surface area contributed by atoms with Crippen LogP contribution in [-0.2, 0) is 4.79 Å². The highest BCUT2D eigenvalue weighted by atomic mass is 79.9. The molecule has 0 heterocycles. The molecule has 0 aromatic carbocycles. The molecule has 0 aromatic heterocycles. The van der Waals surface area contributed by atoms with Crippen LogP contribution in [0.25, 0.3) is 0 Å². The van der Waals surface area contributed by atoms with Crippen molar-refractivity contribution in [3.8, 4) is 0 Å². The molecule has 0 spiro atoms. The number of ketones is 1. The van der Waals surface area contributed by atoms with E-state index in [1.807, 2.05) is 6.08 Å². The lowest BCUT2D eigenvalue weighted by Crippen LogP contribution is -2.74. The Kier molecular flexibility index (Phi) is 3.13. The van der Waals surface area contributed by atoms with Crippen LogP contribution in [0.4, 0.5) is 0 Å². The largest absolute Gasteiger partial charge is 0.291 e. The van der Waals surface area contributed by atoms with Crippen LogP contribution in [0.5, 0.6) is 0 Å². The monoisotopic (exact) mass is 478 g/mol. The van der Waals surface area contributed by atoms with Gasteiger partial charge in [0.2, 0.25) is 0 Å². The van der Waals surface area contributed by atoms with Gasteiger partial charge in [-0.3, -0.25) is 4.79 Å². The normalized spacial score (nSPS) is 59.6. The van der Waals surface area contributed by atoms with E-state index in [2.05, 4.69) is 37.9 Å². The molecule has 8 atom stereocenters. The van der Waals surface area contributed by atoms with Gasteiger partial charge in [-0.25, -0.2) is 0 Å². The molecule has 5 rings (SSSR count). The Morgan fingerprint density at radius 3 is 1.90 bits per heavy atom. The molecule has 2 fully saturated rings. The van der Waals surface area contributed by atoms with E-state index in [1.54, 1.807) is 0 Å². The average molecular weight is 482 g/mol. The summed E-state index contributed by atoms with van der Waals surface area (Å²) in [6.45, 7) is 0. The molecule has 2 bridgehead atoms. The summed E-state index contributed by atoms with van der Waals surface area (Å²) in [7, 11) is 0. The molecule has 5 aliphatic rings. The zero-order valence-electron chi connectivity index (χ0n) is 9.79. The van der Waals surface area contributed by atoms with Gasteiger partial charge in [-0.1, -0.05) is 67.2 Å². The summed E-state index contributed by atoms with van der Waals surface area (Å²) in [5.41, 5.74) is 0. The van der Waals surface area contributed by atoms with Gasteiger partial charge in [-0.05, 0) is 11.8 Å². The van der Waals surface area contributed by atoms with Crippen LogP contribution in [0.3, 0.4) is 0 Å². The van der Waals surface area contributed by atoms with Gasteiger partial charge in [0, 0.05) is 21.5 Å². The third-order valence-corrected chi connectivity index (χ3v) is 11.0. The molecule has 0 unspecified atom stereocenters. The van der Waals surface area contributed by atoms with E-state index in [4.69, 9.17) is 46.4 Å². The lowest BCUT2D eigenvalue weighted by molar-refractivity contribution is -0.122. The van der Waals surface area contributed by atoms with Crippen molar-refractivity contribution in [1.82, 2.24) is 0 Å². The van der Waals surface area contributed by atoms with Crippen molar-refractivity contribution in [2.75, 3.05) is 0 Å². The molecule has 7 heteroatoms. The second-order valence-electron chi connectivity index (χ2n) is 5.86. The Hall–Kier alpha value is 1.27. The van der Waals surface area contributed by atoms with E-state index in [0.717, 1.165) is 0 Å². The van der Waals surface area contributed by atoms with E-state index in [0.29, 0.717) is 10.7 Å². The molecule has 0 aliphatic heterocycles. The number of rotatable bonds is 0. The summed E-state index contributed by atoms with van der Waals surface area (Å²) < 4.78 is 0. The lowest BCUT2D eigenvalue weighted by Gasteiger charge is -2.66. The van der Waals surface area contributed by atoms with Crippen LogP contribution < -0.4 is 0 Å². The van der Waals surface area contributed by atoms with Gasteiger partial charge >= 0.3 is 0 Å². The molecular formula is C13H8Br2Cl4O. The summed E-state index contributed by atoms with van der Waals surface area (Å²) in [5.74, 6) is -0.0103. The first-order chi connectivity index (χ1) is 9.27. The van der Waals surface area contributed by atoms with Gasteiger partial charge in [-0.15, -0.1) is 23.2 Å².